The van der Waals surface area contributed by atoms with Gasteiger partial charge < -0.3 is 25.6 Å². The molecule has 4 amide bonds. The first-order chi connectivity index (χ1) is 24.8. The smallest absolute Gasteiger partial charge is 0.270 e. The third-order valence-electron chi connectivity index (χ3n) is 12.4. The molecule has 0 bridgehead atoms. The van der Waals surface area contributed by atoms with Gasteiger partial charge in [-0.1, -0.05) is 32.8 Å². The van der Waals surface area contributed by atoms with Crippen molar-refractivity contribution in [3.63, 3.8) is 0 Å². The van der Waals surface area contributed by atoms with E-state index in [1.807, 2.05) is 0 Å². The van der Waals surface area contributed by atoms with Gasteiger partial charge in [-0.3, -0.25) is 23.9 Å². The van der Waals surface area contributed by atoms with Gasteiger partial charge in [0.25, 0.3) is 11.8 Å². The molecule has 5 fully saturated rings. The third-order valence-corrected chi connectivity index (χ3v) is 12.4. The number of carbonyl (C=O) groups is 4. The number of amides is 4. The van der Waals surface area contributed by atoms with Crippen molar-refractivity contribution in [1.82, 2.24) is 25.3 Å². The van der Waals surface area contributed by atoms with Crippen molar-refractivity contribution in [3.05, 3.63) is 47.5 Å². The quantitative estimate of drug-likeness (QED) is 0.288. The predicted octanol–water partition coefficient (Wildman–Crippen LogP) is 4.81. The zero-order valence-corrected chi connectivity index (χ0v) is 29.9. The average molecular weight is 727 g/mol. The molecule has 2 atom stereocenters. The van der Waals surface area contributed by atoms with Crippen molar-refractivity contribution >= 4 is 29.3 Å². The summed E-state index contributed by atoms with van der Waals surface area (Å²) in [4.78, 5) is 55.6. The van der Waals surface area contributed by atoms with E-state index in [1.54, 1.807) is 34.8 Å². The Kier molecular flexibility index (Phi) is 9.90. The fourth-order valence-corrected chi connectivity index (χ4v) is 8.51. The van der Waals surface area contributed by atoms with Crippen molar-refractivity contribution in [1.29, 1.82) is 0 Å². The van der Waals surface area contributed by atoms with E-state index >= 15 is 4.39 Å². The number of hydrogen-bond donors (Lipinski definition) is 3. The molecule has 1 aromatic heterocycles. The maximum atomic E-state index is 16.0. The van der Waals surface area contributed by atoms with E-state index in [-0.39, 0.29) is 68.1 Å². The molecule has 3 N–H and O–H groups in total. The van der Waals surface area contributed by atoms with Gasteiger partial charge in [0, 0.05) is 55.4 Å². The van der Waals surface area contributed by atoms with Gasteiger partial charge in [-0.05, 0) is 74.1 Å². The molecular weight excluding hydrogens is 677 g/mol. The van der Waals surface area contributed by atoms with Crippen LogP contribution in [0.5, 0.6) is 0 Å². The molecule has 282 valence electrons. The topological polar surface area (TPSA) is 135 Å². The largest absolute Gasteiger partial charge is 0.381 e. The summed E-state index contributed by atoms with van der Waals surface area (Å²) < 4.78 is 50.9. The Morgan fingerprint density at radius 1 is 1.00 bits per heavy atom. The van der Waals surface area contributed by atoms with Gasteiger partial charge in [-0.2, -0.15) is 5.10 Å². The van der Waals surface area contributed by atoms with Crippen LogP contribution in [0.2, 0.25) is 0 Å². The first-order valence-electron chi connectivity index (χ1n) is 18.8. The highest BCUT2D eigenvalue weighted by Gasteiger charge is 2.71. The van der Waals surface area contributed by atoms with Gasteiger partial charge in [0.2, 0.25) is 17.7 Å². The summed E-state index contributed by atoms with van der Waals surface area (Å²) in [5, 5.41) is 12.8. The number of carbonyl (C=O) groups excluding carboxylic acids is 4. The summed E-state index contributed by atoms with van der Waals surface area (Å²) in [6.45, 7) is 5.93. The molecule has 11 nitrogen and oxygen atoms in total. The van der Waals surface area contributed by atoms with Crippen molar-refractivity contribution < 1.29 is 37.1 Å². The summed E-state index contributed by atoms with van der Waals surface area (Å²) in [6.07, 6.45) is 6.29. The Bertz CT molecular complexity index is 1690. The molecule has 1 spiro atoms. The van der Waals surface area contributed by atoms with Crippen LogP contribution < -0.4 is 16.0 Å². The van der Waals surface area contributed by atoms with Gasteiger partial charge in [0.05, 0.1) is 18.9 Å². The van der Waals surface area contributed by atoms with Crippen LogP contribution in [0.15, 0.2) is 30.5 Å². The van der Waals surface area contributed by atoms with Crippen LogP contribution in [0.25, 0.3) is 0 Å². The van der Waals surface area contributed by atoms with Crippen LogP contribution in [0, 0.1) is 29.0 Å². The number of alkyl halides is 2. The standard InChI is InChI=1S/C38H49F3N6O5/c1-3-30(48)44-32(35(51)46-16-13-36(14-17-46)22-38(36,40)41)37(11-12-37)26-8-9-28(27(39)18-26)43-34(50)31(25-6-4-23(2)5-7-25)45-33(49)29-10-15-42-47(29)19-24-20-52-21-24/h8-10,15,18,23-25,31-32H,3-7,11-14,16-17,19-22H2,1-2H3,(H,43,50)(H,44,48)(H,45,49)/t23?,25?,31-,32-/m0/s1. The molecule has 2 saturated heterocycles. The minimum absolute atomic E-state index is 0.0600. The minimum atomic E-state index is -2.69. The van der Waals surface area contributed by atoms with Crippen LogP contribution in [0.3, 0.4) is 0 Å². The Hall–Kier alpha value is -3.94. The molecular formula is C38H49F3N6O5. The highest BCUT2D eigenvalue weighted by Crippen LogP contribution is 2.66. The lowest BCUT2D eigenvalue weighted by molar-refractivity contribution is -0.139. The molecule has 3 saturated carbocycles. The number of piperidine rings is 1. The van der Waals surface area contributed by atoms with E-state index in [9.17, 15) is 28.0 Å². The van der Waals surface area contributed by atoms with Crippen molar-refractivity contribution in [2.24, 2.45) is 23.2 Å². The lowest BCUT2D eigenvalue weighted by atomic mass is 9.79. The zero-order chi connectivity index (χ0) is 36.8. The SMILES string of the molecule is CCC(=O)N[C@@H](C(=O)N1CCC2(CC1)CC2(F)F)C1(c2ccc(NC(=O)[C@@H](NC(=O)c3ccnn3CC3COC3)C3CCC(C)CC3)c(F)c2)CC1. The number of likely N-dealkylation sites (tertiary alicyclic amines) is 1. The van der Waals surface area contributed by atoms with E-state index in [1.165, 1.54) is 12.1 Å². The molecule has 5 aliphatic rings. The Morgan fingerprint density at radius 2 is 1.69 bits per heavy atom. The molecule has 7 rings (SSSR count). The molecule has 2 aromatic rings. The molecule has 2 aliphatic heterocycles. The third kappa shape index (κ3) is 7.06. The van der Waals surface area contributed by atoms with E-state index in [4.69, 9.17) is 4.74 Å². The van der Waals surface area contributed by atoms with Crippen LogP contribution in [-0.2, 0) is 31.1 Å². The lowest BCUT2D eigenvalue weighted by Crippen LogP contribution is -2.56. The van der Waals surface area contributed by atoms with Gasteiger partial charge in [0.15, 0.2) is 0 Å². The van der Waals surface area contributed by atoms with Crippen LogP contribution >= 0.6 is 0 Å². The number of nitrogens with zero attached hydrogens (tertiary/aromatic N) is 3. The van der Waals surface area contributed by atoms with Crippen molar-refractivity contribution in [3.8, 4) is 0 Å². The molecule has 0 radical (unpaired) electrons. The maximum Gasteiger partial charge on any atom is 0.270 e. The minimum Gasteiger partial charge on any atom is -0.381 e. The second-order valence-corrected chi connectivity index (χ2v) is 16.0. The summed E-state index contributed by atoms with van der Waals surface area (Å²) in [5.74, 6) is -4.40. The second kappa shape index (κ2) is 14.1. The first kappa shape index (κ1) is 36.4. The van der Waals surface area contributed by atoms with Crippen molar-refractivity contribution in [2.45, 2.75) is 108 Å². The number of anilines is 1. The highest BCUT2D eigenvalue weighted by molar-refractivity contribution is 6.01. The fraction of sp³-hybridized carbons (Fsp3) is 0.658. The average Bonchev–Trinajstić information content (AvgIpc) is 3.94. The summed E-state index contributed by atoms with van der Waals surface area (Å²) >= 11 is 0. The number of rotatable bonds is 12. The number of nitrogens with one attached hydrogen (secondary N) is 3. The van der Waals surface area contributed by atoms with Crippen molar-refractivity contribution in [2.75, 3.05) is 31.6 Å². The molecule has 3 heterocycles. The predicted molar refractivity (Wildman–Crippen MR) is 185 cm³/mol. The highest BCUT2D eigenvalue weighted by atomic mass is 19.3. The normalized spacial score (nSPS) is 25.4. The number of hydrogen-bond acceptors (Lipinski definition) is 6. The number of aromatic nitrogens is 2. The zero-order valence-electron chi connectivity index (χ0n) is 29.9. The molecule has 1 aromatic carbocycles. The number of halogens is 3. The van der Waals surface area contributed by atoms with E-state index in [2.05, 4.69) is 28.0 Å². The van der Waals surface area contributed by atoms with Gasteiger partial charge in [-0.15, -0.1) is 0 Å². The van der Waals surface area contributed by atoms with Crippen LogP contribution in [-0.4, -0.2) is 82.6 Å². The number of benzene rings is 1. The molecule has 0 unspecified atom stereocenters. The Morgan fingerprint density at radius 3 is 2.27 bits per heavy atom. The molecule has 14 heteroatoms. The van der Waals surface area contributed by atoms with Gasteiger partial charge in [0.1, 0.15) is 23.6 Å². The maximum absolute atomic E-state index is 16.0. The summed E-state index contributed by atoms with van der Waals surface area (Å²) in [5.41, 5.74) is -1.11. The summed E-state index contributed by atoms with van der Waals surface area (Å²) in [6, 6.07) is 4.16. The van der Waals surface area contributed by atoms with E-state index in [0.717, 1.165) is 25.7 Å². The number of ether oxygens (including phenoxy) is 1. The van der Waals surface area contributed by atoms with E-state index in [0.29, 0.717) is 49.8 Å². The Balaban J connectivity index is 1.07. The monoisotopic (exact) mass is 726 g/mol. The van der Waals surface area contributed by atoms with Gasteiger partial charge in [-0.25, -0.2) is 13.2 Å². The molecule has 52 heavy (non-hydrogen) atoms. The lowest BCUT2D eigenvalue weighted by Gasteiger charge is -2.37. The Labute approximate surface area is 301 Å². The molecule has 3 aliphatic carbocycles. The van der Waals surface area contributed by atoms with Gasteiger partial charge >= 0.3 is 0 Å². The van der Waals surface area contributed by atoms with Crippen LogP contribution in [0.1, 0.15) is 94.1 Å². The summed E-state index contributed by atoms with van der Waals surface area (Å²) in [7, 11) is 0. The van der Waals surface area contributed by atoms with E-state index < -0.39 is 46.5 Å². The second-order valence-electron chi connectivity index (χ2n) is 16.0. The first-order valence-corrected chi connectivity index (χ1v) is 18.8. The van der Waals surface area contributed by atoms with Crippen LogP contribution in [0.4, 0.5) is 18.9 Å². The fourth-order valence-electron chi connectivity index (χ4n) is 8.51.